The highest BCUT2D eigenvalue weighted by molar-refractivity contribution is 7.46. The molecule has 146 valence electrons. The standard InChI is InChI=1S/C14H21N2O9P/c1-6-7(2)16(13(18)15-11(6)17)12-10-9(24-14(3,4)25-10)8(23-12)5-22-26(19,20)21/h8-10,12H,5H2,1-4H3,(H,15,17,18)(H2,19,20,21)/t8-,9-,10-,12-/m1/s1. The van der Waals surface area contributed by atoms with Crippen molar-refractivity contribution in [3.8, 4) is 0 Å². The number of nitrogens with zero attached hydrogens (tertiary/aromatic N) is 1. The Labute approximate surface area is 148 Å². The zero-order valence-electron chi connectivity index (χ0n) is 14.7. The van der Waals surface area contributed by atoms with Crippen LogP contribution in [0.25, 0.3) is 0 Å². The van der Waals surface area contributed by atoms with Crippen LogP contribution in [-0.4, -0.2) is 50.0 Å². The molecule has 0 aliphatic carbocycles. The quantitative estimate of drug-likeness (QED) is 0.586. The molecule has 2 aliphatic heterocycles. The van der Waals surface area contributed by atoms with E-state index in [1.54, 1.807) is 27.7 Å². The molecule has 3 heterocycles. The Morgan fingerprint density at radius 1 is 1.23 bits per heavy atom. The van der Waals surface area contributed by atoms with Crippen LogP contribution in [0.2, 0.25) is 0 Å². The van der Waals surface area contributed by atoms with Gasteiger partial charge in [0, 0.05) is 11.3 Å². The van der Waals surface area contributed by atoms with Gasteiger partial charge in [-0.2, -0.15) is 0 Å². The van der Waals surface area contributed by atoms with Gasteiger partial charge in [0.25, 0.3) is 5.56 Å². The fourth-order valence-electron chi connectivity index (χ4n) is 3.23. The molecule has 3 rings (SSSR count). The summed E-state index contributed by atoms with van der Waals surface area (Å²) >= 11 is 0. The molecule has 0 saturated carbocycles. The topological polar surface area (TPSA) is 149 Å². The van der Waals surface area contributed by atoms with Crippen molar-refractivity contribution in [2.24, 2.45) is 0 Å². The lowest BCUT2D eigenvalue weighted by atomic mass is 10.1. The minimum Gasteiger partial charge on any atom is -0.346 e. The molecule has 2 aliphatic rings. The lowest BCUT2D eigenvalue weighted by Gasteiger charge is -2.26. The molecule has 3 N–H and O–H groups in total. The monoisotopic (exact) mass is 392 g/mol. The highest BCUT2D eigenvalue weighted by Gasteiger charge is 2.56. The van der Waals surface area contributed by atoms with E-state index in [-0.39, 0.29) is 0 Å². The molecular weight excluding hydrogens is 371 g/mol. The van der Waals surface area contributed by atoms with Gasteiger partial charge in [-0.05, 0) is 27.7 Å². The largest absolute Gasteiger partial charge is 0.469 e. The average Bonchev–Trinajstić information content (AvgIpc) is 2.96. The molecule has 0 amide bonds. The number of fused-ring (bicyclic) bond motifs is 1. The van der Waals surface area contributed by atoms with Crippen LogP contribution in [0.3, 0.4) is 0 Å². The van der Waals surface area contributed by atoms with E-state index in [1.165, 1.54) is 4.57 Å². The van der Waals surface area contributed by atoms with Crippen LogP contribution in [-0.2, 0) is 23.3 Å². The molecular formula is C14H21N2O9P. The molecule has 0 unspecified atom stereocenters. The maximum atomic E-state index is 12.3. The fraction of sp³-hybridized carbons (Fsp3) is 0.714. The second kappa shape index (κ2) is 6.38. The van der Waals surface area contributed by atoms with E-state index in [2.05, 4.69) is 9.51 Å². The number of aromatic nitrogens is 2. The zero-order chi connectivity index (χ0) is 19.4. The highest BCUT2D eigenvalue weighted by Crippen LogP contribution is 2.45. The van der Waals surface area contributed by atoms with Gasteiger partial charge in [-0.15, -0.1) is 0 Å². The minimum atomic E-state index is -4.70. The normalized spacial score (nSPS) is 30.5. The van der Waals surface area contributed by atoms with E-state index in [1.807, 2.05) is 0 Å². The Hall–Kier alpha value is -1.33. The van der Waals surface area contributed by atoms with Gasteiger partial charge >= 0.3 is 13.5 Å². The maximum absolute atomic E-state index is 12.3. The number of nitrogens with one attached hydrogen (secondary N) is 1. The summed E-state index contributed by atoms with van der Waals surface area (Å²) in [4.78, 5) is 44.2. The molecule has 0 spiro atoms. The van der Waals surface area contributed by atoms with E-state index in [9.17, 15) is 14.2 Å². The molecule has 1 aromatic rings. The van der Waals surface area contributed by atoms with Gasteiger partial charge < -0.3 is 24.0 Å². The van der Waals surface area contributed by atoms with E-state index >= 15 is 0 Å². The summed E-state index contributed by atoms with van der Waals surface area (Å²) in [6, 6.07) is 0. The Kier molecular flexibility index (Phi) is 4.77. The molecule has 2 fully saturated rings. The molecule has 1 aromatic heterocycles. The van der Waals surface area contributed by atoms with E-state index < -0.39 is 56.0 Å². The van der Waals surface area contributed by atoms with E-state index in [0.29, 0.717) is 11.3 Å². The first-order chi connectivity index (χ1) is 11.9. The Morgan fingerprint density at radius 2 is 1.85 bits per heavy atom. The lowest BCUT2D eigenvalue weighted by Crippen LogP contribution is -2.40. The van der Waals surface area contributed by atoms with Crippen molar-refractivity contribution in [3.63, 3.8) is 0 Å². The molecule has 11 nitrogen and oxygen atoms in total. The smallest absolute Gasteiger partial charge is 0.346 e. The summed E-state index contributed by atoms with van der Waals surface area (Å²) < 4.78 is 34.2. The Balaban J connectivity index is 1.98. The second-order valence-electron chi connectivity index (χ2n) is 6.76. The Bertz CT molecular complexity index is 870. The van der Waals surface area contributed by atoms with Crippen molar-refractivity contribution in [1.29, 1.82) is 0 Å². The number of rotatable bonds is 4. The number of aromatic amines is 1. The minimum absolute atomic E-state index is 0.345. The number of hydrogen-bond acceptors (Lipinski definition) is 7. The third-order valence-electron chi connectivity index (χ3n) is 4.47. The van der Waals surface area contributed by atoms with Crippen molar-refractivity contribution in [1.82, 2.24) is 9.55 Å². The first kappa shape index (κ1) is 19.4. The van der Waals surface area contributed by atoms with Crippen LogP contribution < -0.4 is 11.2 Å². The highest BCUT2D eigenvalue weighted by atomic mass is 31.2. The summed E-state index contributed by atoms with van der Waals surface area (Å²) in [5.41, 5.74) is -0.430. The van der Waals surface area contributed by atoms with E-state index in [4.69, 9.17) is 24.0 Å². The first-order valence-electron chi connectivity index (χ1n) is 7.93. The average molecular weight is 392 g/mol. The van der Waals surface area contributed by atoms with Crippen LogP contribution >= 0.6 is 7.82 Å². The van der Waals surface area contributed by atoms with Gasteiger partial charge in [-0.25, -0.2) is 9.36 Å². The van der Waals surface area contributed by atoms with Gasteiger partial charge in [0.05, 0.1) is 6.61 Å². The van der Waals surface area contributed by atoms with Gasteiger partial charge in [0.15, 0.2) is 12.0 Å². The van der Waals surface area contributed by atoms with Gasteiger partial charge in [-0.3, -0.25) is 18.9 Å². The van der Waals surface area contributed by atoms with Crippen molar-refractivity contribution >= 4 is 7.82 Å². The summed E-state index contributed by atoms with van der Waals surface area (Å²) in [5, 5.41) is 0. The molecule has 0 aromatic carbocycles. The summed E-state index contributed by atoms with van der Waals surface area (Å²) in [6.45, 7) is 6.08. The van der Waals surface area contributed by atoms with Crippen molar-refractivity contribution in [3.05, 3.63) is 32.1 Å². The van der Waals surface area contributed by atoms with Crippen LogP contribution in [0.15, 0.2) is 9.59 Å². The predicted molar refractivity (Wildman–Crippen MR) is 86.5 cm³/mol. The lowest BCUT2D eigenvalue weighted by molar-refractivity contribution is -0.200. The number of hydrogen-bond donors (Lipinski definition) is 3. The van der Waals surface area contributed by atoms with Crippen molar-refractivity contribution in [2.75, 3.05) is 6.61 Å². The first-order valence-corrected chi connectivity index (χ1v) is 9.46. The van der Waals surface area contributed by atoms with Crippen LogP contribution in [0.5, 0.6) is 0 Å². The third kappa shape index (κ3) is 3.56. The predicted octanol–water partition coefficient (Wildman–Crippen LogP) is -0.320. The Morgan fingerprint density at radius 3 is 2.46 bits per heavy atom. The van der Waals surface area contributed by atoms with Crippen molar-refractivity contribution < 1.29 is 33.1 Å². The summed E-state index contributed by atoms with van der Waals surface area (Å²) in [5.74, 6) is -0.980. The summed E-state index contributed by atoms with van der Waals surface area (Å²) in [6.07, 6.45) is -3.26. The molecule has 12 heteroatoms. The number of phosphoric acid groups is 1. The van der Waals surface area contributed by atoms with Crippen LogP contribution in [0.1, 0.15) is 31.3 Å². The molecule has 0 radical (unpaired) electrons. The van der Waals surface area contributed by atoms with Crippen LogP contribution in [0.4, 0.5) is 0 Å². The van der Waals surface area contributed by atoms with Crippen LogP contribution in [0, 0.1) is 13.8 Å². The number of phosphoric ester groups is 1. The molecule has 0 bridgehead atoms. The van der Waals surface area contributed by atoms with Gasteiger partial charge in [0.1, 0.15) is 18.3 Å². The van der Waals surface area contributed by atoms with Gasteiger partial charge in [-0.1, -0.05) is 0 Å². The van der Waals surface area contributed by atoms with Gasteiger partial charge in [0.2, 0.25) is 0 Å². The molecule has 4 atom stereocenters. The third-order valence-corrected chi connectivity index (χ3v) is 4.96. The number of ether oxygens (including phenoxy) is 3. The SMILES string of the molecule is Cc1c(C)n([C@@H]2O[C@H](COP(=O)(O)O)[C@H]3OC(C)(C)O[C@H]32)c(=O)[nH]c1=O. The molecule has 26 heavy (non-hydrogen) atoms. The number of H-pyrrole nitrogens is 1. The van der Waals surface area contributed by atoms with E-state index in [0.717, 1.165) is 0 Å². The second-order valence-corrected chi connectivity index (χ2v) is 8.00. The maximum Gasteiger partial charge on any atom is 0.469 e. The molecule has 2 saturated heterocycles. The zero-order valence-corrected chi connectivity index (χ0v) is 15.6. The summed E-state index contributed by atoms with van der Waals surface area (Å²) in [7, 11) is -4.70. The van der Waals surface area contributed by atoms with Crippen molar-refractivity contribution in [2.45, 2.75) is 58.0 Å². The fourth-order valence-corrected chi connectivity index (χ4v) is 3.57.